The molecule has 0 spiro atoms. The van der Waals surface area contributed by atoms with Gasteiger partial charge in [-0.25, -0.2) is 8.42 Å². The van der Waals surface area contributed by atoms with Crippen molar-refractivity contribution in [3.8, 4) is 17.2 Å². The molecule has 30 heavy (non-hydrogen) atoms. The van der Waals surface area contributed by atoms with E-state index in [4.69, 9.17) is 20.8 Å². The molecule has 1 aliphatic rings. The summed E-state index contributed by atoms with van der Waals surface area (Å²) in [6.45, 7) is 3.85. The third kappa shape index (κ3) is 4.18. The number of benzene rings is 2. The molecule has 8 heteroatoms. The van der Waals surface area contributed by atoms with Crippen molar-refractivity contribution in [2.24, 2.45) is 0 Å². The highest BCUT2D eigenvalue weighted by Gasteiger charge is 2.32. The Morgan fingerprint density at radius 2 is 1.83 bits per heavy atom. The molecule has 0 amide bonds. The van der Waals surface area contributed by atoms with Gasteiger partial charge >= 0.3 is 0 Å². The van der Waals surface area contributed by atoms with Crippen LogP contribution < -0.4 is 9.64 Å². The van der Waals surface area contributed by atoms with Gasteiger partial charge in [-0.3, -0.25) is 0 Å². The molecule has 0 bridgehead atoms. The van der Waals surface area contributed by atoms with E-state index in [-0.39, 0.29) is 15.8 Å². The topological polar surface area (TPSA) is 72.6 Å². The molecule has 1 fully saturated rings. The van der Waals surface area contributed by atoms with Crippen LogP contribution in [0.3, 0.4) is 0 Å². The fraction of sp³-hybridized carbons (Fsp3) is 0.318. The summed E-state index contributed by atoms with van der Waals surface area (Å²) in [4.78, 5) is 6.53. The number of oxazole rings is 1. The van der Waals surface area contributed by atoms with Crippen LogP contribution in [0, 0.1) is 0 Å². The van der Waals surface area contributed by atoms with Crippen LogP contribution in [-0.2, 0) is 9.84 Å². The van der Waals surface area contributed by atoms with E-state index in [2.05, 4.69) is 4.98 Å². The van der Waals surface area contributed by atoms with Crippen LogP contribution in [0.15, 0.2) is 62.9 Å². The summed E-state index contributed by atoms with van der Waals surface area (Å²) in [5.41, 5.74) is 0.633. The van der Waals surface area contributed by atoms with Crippen LogP contribution in [0.25, 0.3) is 11.5 Å². The average Bonchev–Trinajstić information content (AvgIpc) is 3.22. The molecule has 1 aliphatic heterocycles. The van der Waals surface area contributed by atoms with Gasteiger partial charge in [-0.1, -0.05) is 17.7 Å². The summed E-state index contributed by atoms with van der Waals surface area (Å²) < 4.78 is 38.4. The molecule has 6 nitrogen and oxygen atoms in total. The number of aromatic nitrogens is 1. The number of ether oxygens (including phenoxy) is 1. The highest BCUT2D eigenvalue weighted by atomic mass is 35.5. The predicted molar refractivity (Wildman–Crippen MR) is 116 cm³/mol. The van der Waals surface area contributed by atoms with Crippen LogP contribution >= 0.6 is 11.6 Å². The third-order valence-corrected chi connectivity index (χ3v) is 6.90. The van der Waals surface area contributed by atoms with Crippen molar-refractivity contribution >= 4 is 27.3 Å². The Morgan fingerprint density at radius 1 is 1.10 bits per heavy atom. The van der Waals surface area contributed by atoms with Gasteiger partial charge in [0.05, 0.1) is 11.5 Å². The van der Waals surface area contributed by atoms with Crippen molar-refractivity contribution in [2.75, 3.05) is 24.6 Å². The number of halogens is 1. The molecule has 2 aromatic carbocycles. The molecule has 0 unspecified atom stereocenters. The number of hydrogen-bond donors (Lipinski definition) is 0. The van der Waals surface area contributed by atoms with Crippen molar-refractivity contribution < 1.29 is 17.6 Å². The van der Waals surface area contributed by atoms with E-state index in [9.17, 15) is 8.42 Å². The second kappa shape index (κ2) is 8.70. The molecule has 4 rings (SSSR count). The summed E-state index contributed by atoms with van der Waals surface area (Å²) in [5.74, 6) is 1.15. The fourth-order valence-corrected chi connectivity index (χ4v) is 5.02. The van der Waals surface area contributed by atoms with E-state index in [1.807, 2.05) is 11.8 Å². The number of anilines is 1. The molecule has 158 valence electrons. The predicted octanol–water partition coefficient (Wildman–Crippen LogP) is 5.22. The molecule has 1 aromatic heterocycles. The van der Waals surface area contributed by atoms with Crippen molar-refractivity contribution in [3.05, 3.63) is 53.6 Å². The maximum Gasteiger partial charge on any atom is 0.236 e. The summed E-state index contributed by atoms with van der Waals surface area (Å²) in [6.07, 6.45) is 3.08. The molecular weight excluding hydrogens is 424 g/mol. The van der Waals surface area contributed by atoms with Gasteiger partial charge in [-0.05, 0) is 68.7 Å². The van der Waals surface area contributed by atoms with E-state index in [1.54, 1.807) is 36.4 Å². The lowest BCUT2D eigenvalue weighted by molar-refractivity contribution is 0.340. The Hall–Kier alpha value is -2.51. The zero-order valence-electron chi connectivity index (χ0n) is 16.7. The number of hydrogen-bond acceptors (Lipinski definition) is 6. The Kier molecular flexibility index (Phi) is 6.01. The van der Waals surface area contributed by atoms with Gasteiger partial charge in [0.25, 0.3) is 0 Å². The van der Waals surface area contributed by atoms with Gasteiger partial charge in [0.15, 0.2) is 0 Å². The summed E-state index contributed by atoms with van der Waals surface area (Å²) in [6, 6.07) is 13.4. The van der Waals surface area contributed by atoms with E-state index >= 15 is 0 Å². The first-order chi connectivity index (χ1) is 14.5. The summed E-state index contributed by atoms with van der Waals surface area (Å²) in [7, 11) is -3.88. The highest BCUT2D eigenvalue weighted by Crippen LogP contribution is 2.36. The molecular formula is C22H23ClN2O4S. The number of piperidine rings is 1. The highest BCUT2D eigenvalue weighted by molar-refractivity contribution is 7.91. The Bertz CT molecular complexity index is 1120. The van der Waals surface area contributed by atoms with Gasteiger partial charge in [-0.15, -0.1) is 0 Å². The number of rotatable bonds is 6. The van der Waals surface area contributed by atoms with Gasteiger partial charge in [0, 0.05) is 23.7 Å². The molecule has 0 atom stereocenters. The molecule has 0 saturated carbocycles. The minimum Gasteiger partial charge on any atom is -0.494 e. The number of nitrogens with zero attached hydrogens (tertiary/aromatic N) is 2. The molecule has 2 heterocycles. The van der Waals surface area contributed by atoms with E-state index in [0.717, 1.165) is 32.4 Å². The smallest absolute Gasteiger partial charge is 0.236 e. The lowest BCUT2D eigenvalue weighted by atomic mass is 10.1. The van der Waals surface area contributed by atoms with Gasteiger partial charge in [-0.2, -0.15) is 4.98 Å². The molecule has 0 radical (unpaired) electrons. The summed E-state index contributed by atoms with van der Waals surface area (Å²) in [5, 5.41) is 0.463. The SMILES string of the molecule is CCOc1ccc(S(=O)(=O)c2nc(-c3cccc(Cl)c3)oc2N2CCCCC2)cc1. The average molecular weight is 447 g/mol. The molecule has 3 aromatic rings. The first-order valence-corrected chi connectivity index (χ1v) is 11.8. The summed E-state index contributed by atoms with van der Waals surface area (Å²) >= 11 is 6.11. The second-order valence-corrected chi connectivity index (χ2v) is 9.40. The fourth-order valence-electron chi connectivity index (χ4n) is 3.51. The van der Waals surface area contributed by atoms with Crippen molar-refractivity contribution in [2.45, 2.75) is 36.1 Å². The maximum atomic E-state index is 13.5. The monoisotopic (exact) mass is 446 g/mol. The molecule has 1 saturated heterocycles. The van der Waals surface area contributed by atoms with Gasteiger partial charge in [0.1, 0.15) is 5.75 Å². The minimum atomic E-state index is -3.88. The lowest BCUT2D eigenvalue weighted by Crippen LogP contribution is -2.30. The quantitative estimate of drug-likeness (QED) is 0.517. The lowest BCUT2D eigenvalue weighted by Gasteiger charge is -2.26. The first-order valence-electron chi connectivity index (χ1n) is 9.98. The van der Waals surface area contributed by atoms with E-state index < -0.39 is 9.84 Å². The largest absolute Gasteiger partial charge is 0.494 e. The van der Waals surface area contributed by atoms with Gasteiger partial charge in [0.2, 0.25) is 26.6 Å². The standard InChI is InChI=1S/C22H23ClN2O4S/c1-2-28-18-9-11-19(12-10-18)30(26,27)21-22(25-13-4-3-5-14-25)29-20(24-21)16-7-6-8-17(23)15-16/h6-12,15H,2-5,13-14H2,1H3. The zero-order chi connectivity index (χ0) is 21.1. The van der Waals surface area contributed by atoms with Crippen LogP contribution in [-0.4, -0.2) is 33.1 Å². The van der Waals surface area contributed by atoms with Gasteiger partial charge < -0.3 is 14.1 Å². The Morgan fingerprint density at radius 3 is 2.50 bits per heavy atom. The second-order valence-electron chi connectivity index (χ2n) is 7.10. The normalized spacial score (nSPS) is 14.7. The van der Waals surface area contributed by atoms with Crippen LogP contribution in [0.4, 0.5) is 5.88 Å². The molecule has 0 N–H and O–H groups in total. The van der Waals surface area contributed by atoms with Crippen LogP contribution in [0.5, 0.6) is 5.75 Å². The minimum absolute atomic E-state index is 0.0662. The zero-order valence-corrected chi connectivity index (χ0v) is 18.2. The van der Waals surface area contributed by atoms with E-state index in [0.29, 0.717) is 28.8 Å². The van der Waals surface area contributed by atoms with Crippen molar-refractivity contribution in [1.29, 1.82) is 0 Å². The van der Waals surface area contributed by atoms with E-state index in [1.165, 1.54) is 12.1 Å². The third-order valence-electron chi connectivity index (χ3n) is 4.99. The van der Waals surface area contributed by atoms with Crippen molar-refractivity contribution in [3.63, 3.8) is 0 Å². The van der Waals surface area contributed by atoms with Crippen LogP contribution in [0.2, 0.25) is 5.02 Å². The Labute approximate surface area is 181 Å². The Balaban J connectivity index is 1.80. The maximum absolute atomic E-state index is 13.5. The van der Waals surface area contributed by atoms with Crippen molar-refractivity contribution in [1.82, 2.24) is 4.98 Å². The number of sulfone groups is 1. The van der Waals surface area contributed by atoms with Crippen LogP contribution in [0.1, 0.15) is 26.2 Å². The molecule has 0 aliphatic carbocycles. The first kappa shape index (κ1) is 20.8.